The lowest BCUT2D eigenvalue weighted by Gasteiger charge is -2.26. The Hall–Kier alpha value is -3.79. The first-order valence-corrected chi connectivity index (χ1v) is 12.1. The van der Waals surface area contributed by atoms with E-state index in [0.29, 0.717) is 22.9 Å². The summed E-state index contributed by atoms with van der Waals surface area (Å²) in [6.07, 6.45) is -0.754. The van der Waals surface area contributed by atoms with Gasteiger partial charge in [0.15, 0.2) is 0 Å². The molecule has 2 amide bonds. The number of carbonyl (C=O) groups is 5. The summed E-state index contributed by atoms with van der Waals surface area (Å²) < 4.78 is 14.8. The fourth-order valence-corrected chi connectivity index (χ4v) is 4.24. The highest BCUT2D eigenvalue weighted by molar-refractivity contribution is 6.25. The molecule has 1 N–H and O–H groups in total. The molecule has 0 spiro atoms. The molecule has 10 heteroatoms. The Balaban J connectivity index is 1.44. The number of benzene rings is 2. The molecule has 10 nitrogen and oxygen atoms in total. The minimum Gasteiger partial charge on any atom is -0.469 e. The number of carbonyl (C=O) groups excluding carboxylic acids is 5. The largest absolute Gasteiger partial charge is 0.469 e. The second kappa shape index (κ2) is 12.4. The molecule has 3 atom stereocenters. The Morgan fingerprint density at radius 3 is 2.11 bits per heavy atom. The topological polar surface area (TPSA) is 137 Å². The molecule has 0 saturated carbocycles. The van der Waals surface area contributed by atoms with Crippen LogP contribution in [0.2, 0.25) is 0 Å². The average Bonchev–Trinajstić information content (AvgIpc) is 2.91. The highest BCUT2D eigenvalue weighted by atomic mass is 16.6. The highest BCUT2D eigenvalue weighted by Gasteiger charge is 2.33. The molecule has 0 saturated heterocycles. The van der Waals surface area contributed by atoms with Crippen LogP contribution in [0.15, 0.2) is 36.4 Å². The van der Waals surface area contributed by atoms with Crippen molar-refractivity contribution in [2.24, 2.45) is 11.8 Å². The molecule has 3 rings (SSSR count). The predicted molar refractivity (Wildman–Crippen MR) is 131 cm³/mol. The van der Waals surface area contributed by atoms with Crippen molar-refractivity contribution >= 4 is 40.5 Å². The number of nitrogens with zero attached hydrogens (tertiary/aromatic N) is 1. The number of methoxy groups -OCH3 is 1. The zero-order valence-electron chi connectivity index (χ0n) is 21.1. The number of esters is 3. The van der Waals surface area contributed by atoms with Crippen molar-refractivity contribution in [1.82, 2.24) is 4.90 Å². The number of hydrogen-bond donors (Lipinski definition) is 1. The van der Waals surface area contributed by atoms with Crippen molar-refractivity contribution in [2.45, 2.75) is 39.2 Å². The quantitative estimate of drug-likeness (QED) is 0.258. The second-order valence-electron chi connectivity index (χ2n) is 8.95. The molecule has 1 aliphatic rings. The summed E-state index contributed by atoms with van der Waals surface area (Å²) in [5.41, 5.74) is 0.786. The van der Waals surface area contributed by atoms with E-state index >= 15 is 0 Å². The third kappa shape index (κ3) is 6.51. The lowest BCUT2D eigenvalue weighted by molar-refractivity contribution is -0.156. The fourth-order valence-electron chi connectivity index (χ4n) is 4.24. The Bertz CT molecular complexity index is 1140. The van der Waals surface area contributed by atoms with Gasteiger partial charge in [0.2, 0.25) is 0 Å². The third-order valence-corrected chi connectivity index (χ3v) is 6.32. The first-order chi connectivity index (χ1) is 17.7. The Kier molecular flexibility index (Phi) is 9.35. The van der Waals surface area contributed by atoms with Crippen molar-refractivity contribution in [1.29, 1.82) is 0 Å². The van der Waals surface area contributed by atoms with Gasteiger partial charge in [-0.05, 0) is 30.4 Å². The normalized spacial score (nSPS) is 15.2. The van der Waals surface area contributed by atoms with Crippen LogP contribution in [0, 0.1) is 11.8 Å². The van der Waals surface area contributed by atoms with E-state index in [-0.39, 0.29) is 19.4 Å². The Morgan fingerprint density at radius 2 is 1.54 bits per heavy atom. The van der Waals surface area contributed by atoms with Gasteiger partial charge in [0.25, 0.3) is 11.8 Å². The van der Waals surface area contributed by atoms with Gasteiger partial charge in [-0.3, -0.25) is 28.9 Å². The maximum atomic E-state index is 12.9. The van der Waals surface area contributed by atoms with Crippen molar-refractivity contribution in [3.05, 3.63) is 47.5 Å². The SMILES string of the molecule is CCC(CC(C)C(=O)OCC(O)COC(=O)CCN1C(=O)c2cccc3cccc(c23)C1=O)C(=O)OC. The van der Waals surface area contributed by atoms with Crippen LogP contribution in [0.4, 0.5) is 0 Å². The molecule has 1 heterocycles. The van der Waals surface area contributed by atoms with E-state index in [1.807, 2.05) is 19.1 Å². The van der Waals surface area contributed by atoms with E-state index < -0.39 is 60.9 Å². The first kappa shape index (κ1) is 27.8. The molecule has 0 aliphatic carbocycles. The Morgan fingerprint density at radius 1 is 0.946 bits per heavy atom. The molecule has 1 aliphatic heterocycles. The van der Waals surface area contributed by atoms with Gasteiger partial charge in [0.05, 0.1) is 25.4 Å². The van der Waals surface area contributed by atoms with E-state index in [0.717, 1.165) is 10.3 Å². The van der Waals surface area contributed by atoms with Gasteiger partial charge in [0.1, 0.15) is 19.3 Å². The summed E-state index contributed by atoms with van der Waals surface area (Å²) in [6, 6.07) is 10.4. The van der Waals surface area contributed by atoms with E-state index in [2.05, 4.69) is 0 Å². The maximum absolute atomic E-state index is 12.9. The van der Waals surface area contributed by atoms with Gasteiger partial charge in [-0.1, -0.05) is 38.1 Å². The van der Waals surface area contributed by atoms with Crippen LogP contribution >= 0.6 is 0 Å². The van der Waals surface area contributed by atoms with Crippen molar-refractivity contribution < 1.29 is 43.3 Å². The van der Waals surface area contributed by atoms with Crippen LogP contribution in [-0.2, 0) is 28.6 Å². The molecular weight excluding hydrogens is 482 g/mol. The molecule has 2 aromatic carbocycles. The number of amides is 2. The summed E-state index contributed by atoms with van der Waals surface area (Å²) in [5, 5.41) is 11.4. The molecule has 0 fully saturated rings. The molecule has 3 unspecified atom stereocenters. The molecule has 0 aromatic heterocycles. The van der Waals surface area contributed by atoms with Gasteiger partial charge >= 0.3 is 17.9 Å². The van der Waals surface area contributed by atoms with Crippen LogP contribution in [0.25, 0.3) is 10.8 Å². The second-order valence-corrected chi connectivity index (χ2v) is 8.95. The van der Waals surface area contributed by atoms with E-state index in [1.54, 1.807) is 31.2 Å². The van der Waals surface area contributed by atoms with Crippen molar-refractivity contribution in [3.63, 3.8) is 0 Å². The number of aliphatic hydroxyl groups excluding tert-OH is 1. The number of aliphatic hydroxyl groups is 1. The minimum absolute atomic E-state index is 0.178. The van der Waals surface area contributed by atoms with Crippen LogP contribution in [0.5, 0.6) is 0 Å². The minimum atomic E-state index is -1.26. The summed E-state index contributed by atoms with van der Waals surface area (Å²) in [6.45, 7) is 2.43. The van der Waals surface area contributed by atoms with Gasteiger partial charge < -0.3 is 19.3 Å². The zero-order chi connectivity index (χ0) is 27.1. The van der Waals surface area contributed by atoms with Crippen LogP contribution in [-0.4, -0.2) is 72.7 Å². The van der Waals surface area contributed by atoms with E-state index in [1.165, 1.54) is 7.11 Å². The number of ether oxygens (including phenoxy) is 3. The average molecular weight is 514 g/mol. The third-order valence-electron chi connectivity index (χ3n) is 6.32. The van der Waals surface area contributed by atoms with Crippen LogP contribution in [0.3, 0.4) is 0 Å². The lowest BCUT2D eigenvalue weighted by Crippen LogP contribution is -2.41. The standard InChI is InChI=1S/C27H31NO9/c1-4-17(27(34)35-3)13-16(2)26(33)37-15-19(29)14-36-22(30)11-12-28-24(31)20-9-5-7-18-8-6-10-21(23(18)20)25(28)32/h5-10,16-17,19,29H,4,11-15H2,1-3H3. The van der Waals surface area contributed by atoms with Gasteiger partial charge in [-0.15, -0.1) is 0 Å². The summed E-state index contributed by atoms with van der Waals surface area (Å²) >= 11 is 0. The summed E-state index contributed by atoms with van der Waals surface area (Å²) in [4.78, 5) is 62.8. The predicted octanol–water partition coefficient (Wildman–Crippen LogP) is 2.50. The number of hydrogen-bond acceptors (Lipinski definition) is 9. The number of rotatable bonds is 12. The highest BCUT2D eigenvalue weighted by Crippen LogP contribution is 2.30. The van der Waals surface area contributed by atoms with Crippen LogP contribution < -0.4 is 0 Å². The molecule has 198 valence electrons. The van der Waals surface area contributed by atoms with E-state index in [9.17, 15) is 29.1 Å². The first-order valence-electron chi connectivity index (χ1n) is 12.1. The van der Waals surface area contributed by atoms with Crippen molar-refractivity contribution in [3.8, 4) is 0 Å². The van der Waals surface area contributed by atoms with Gasteiger partial charge in [-0.25, -0.2) is 0 Å². The monoisotopic (exact) mass is 513 g/mol. The molecule has 37 heavy (non-hydrogen) atoms. The van der Waals surface area contributed by atoms with E-state index in [4.69, 9.17) is 14.2 Å². The van der Waals surface area contributed by atoms with Crippen molar-refractivity contribution in [2.75, 3.05) is 26.9 Å². The maximum Gasteiger partial charge on any atom is 0.308 e. The zero-order valence-corrected chi connectivity index (χ0v) is 21.1. The van der Waals surface area contributed by atoms with Gasteiger partial charge in [-0.2, -0.15) is 0 Å². The number of imide groups is 1. The Labute approximate surface area is 214 Å². The molecule has 0 radical (unpaired) electrons. The van der Waals surface area contributed by atoms with Gasteiger partial charge in [0, 0.05) is 23.1 Å². The molecular formula is C27H31NO9. The van der Waals surface area contributed by atoms with Crippen LogP contribution in [0.1, 0.15) is 53.8 Å². The lowest BCUT2D eigenvalue weighted by atomic mass is 9.94. The molecule has 0 bridgehead atoms. The summed E-state index contributed by atoms with van der Waals surface area (Å²) in [5.74, 6) is -3.71. The molecule has 2 aromatic rings. The summed E-state index contributed by atoms with van der Waals surface area (Å²) in [7, 11) is 1.28. The fraction of sp³-hybridized carbons (Fsp3) is 0.444. The smallest absolute Gasteiger partial charge is 0.308 e.